The smallest absolute Gasteiger partial charge is 0.271 e. The van der Waals surface area contributed by atoms with E-state index < -0.39 is 0 Å². The second-order valence-corrected chi connectivity index (χ2v) is 11.5. The van der Waals surface area contributed by atoms with E-state index >= 15 is 0 Å². The molecule has 1 N–H and O–H groups in total. The van der Waals surface area contributed by atoms with Crippen LogP contribution in [0.4, 0.5) is 5.82 Å². The number of halogens is 3. The average molecular weight is 689 g/mol. The zero-order valence-electron chi connectivity index (χ0n) is 25.2. The van der Waals surface area contributed by atoms with Gasteiger partial charge in [-0.1, -0.05) is 42.0 Å². The van der Waals surface area contributed by atoms with Gasteiger partial charge in [-0.2, -0.15) is 0 Å². The molecule has 2 aromatic carbocycles. The summed E-state index contributed by atoms with van der Waals surface area (Å²) in [6.45, 7) is 6.94. The third kappa shape index (κ3) is 7.41. The number of benzene rings is 2. The van der Waals surface area contributed by atoms with Gasteiger partial charge >= 0.3 is 0 Å². The molecular weight excluding hydrogens is 653 g/mol. The average Bonchev–Trinajstić information content (AvgIpc) is 3.56. The van der Waals surface area contributed by atoms with Crippen molar-refractivity contribution in [2.45, 2.75) is 20.3 Å². The van der Waals surface area contributed by atoms with Crippen molar-refractivity contribution in [2.75, 3.05) is 37.6 Å². The van der Waals surface area contributed by atoms with E-state index in [9.17, 15) is 9.59 Å². The number of thiazole rings is 1. The third-order valence-electron chi connectivity index (χ3n) is 7.86. The molecule has 45 heavy (non-hydrogen) atoms. The Balaban J connectivity index is 0.00000184. The van der Waals surface area contributed by atoms with Crippen LogP contribution in [0.2, 0.25) is 0 Å². The first-order valence-electron chi connectivity index (χ1n) is 14.1. The molecule has 238 valence electrons. The largest absolute Gasteiger partial charge is 0.352 e. The quantitative estimate of drug-likeness (QED) is 0.229. The molecule has 9 nitrogen and oxygen atoms in total. The van der Waals surface area contributed by atoms with Crippen molar-refractivity contribution in [3.63, 3.8) is 0 Å². The molecule has 1 aliphatic rings. The fourth-order valence-electron chi connectivity index (χ4n) is 5.55. The number of anilines is 1. The van der Waals surface area contributed by atoms with Crippen LogP contribution in [0.1, 0.15) is 37.0 Å². The number of carbonyl (C=O) groups is 2. The highest BCUT2D eigenvalue weighted by molar-refractivity contribution is 7.09. The molecule has 0 bridgehead atoms. The molecule has 13 heteroatoms. The number of rotatable bonds is 7. The predicted molar refractivity (Wildman–Crippen MR) is 188 cm³/mol. The first-order chi connectivity index (χ1) is 20.4. The molecular formula is C32H36Cl3N7O2S. The summed E-state index contributed by atoms with van der Waals surface area (Å²) in [7, 11) is 2.03. The van der Waals surface area contributed by atoms with E-state index in [0.29, 0.717) is 38.5 Å². The number of aromatic nitrogens is 4. The Labute approximate surface area is 285 Å². The van der Waals surface area contributed by atoms with Crippen LogP contribution in [0.15, 0.2) is 66.4 Å². The van der Waals surface area contributed by atoms with Crippen molar-refractivity contribution in [2.24, 2.45) is 7.05 Å². The minimum absolute atomic E-state index is 0. The van der Waals surface area contributed by atoms with E-state index in [1.807, 2.05) is 42.6 Å². The van der Waals surface area contributed by atoms with E-state index in [2.05, 4.69) is 67.0 Å². The van der Waals surface area contributed by atoms with Gasteiger partial charge in [-0.3, -0.25) is 9.59 Å². The lowest BCUT2D eigenvalue weighted by molar-refractivity contribution is 0.0748. The Morgan fingerprint density at radius 1 is 0.911 bits per heavy atom. The maximum atomic E-state index is 14.1. The lowest BCUT2D eigenvalue weighted by Gasteiger charge is -2.35. The van der Waals surface area contributed by atoms with E-state index in [1.54, 1.807) is 17.5 Å². The number of carbonyl (C=O) groups excluding carboxylic acids is 2. The molecule has 0 unspecified atom stereocenters. The molecule has 3 aromatic heterocycles. The van der Waals surface area contributed by atoms with Crippen molar-refractivity contribution in [3.05, 3.63) is 93.8 Å². The minimum atomic E-state index is -0.244. The van der Waals surface area contributed by atoms with Gasteiger partial charge in [0.2, 0.25) is 0 Å². The lowest BCUT2D eigenvalue weighted by atomic mass is 10.0. The van der Waals surface area contributed by atoms with Crippen LogP contribution in [-0.4, -0.2) is 69.0 Å². The van der Waals surface area contributed by atoms with E-state index in [-0.39, 0.29) is 54.7 Å². The first-order valence-corrected chi connectivity index (χ1v) is 15.0. The molecule has 4 heterocycles. The summed E-state index contributed by atoms with van der Waals surface area (Å²) in [6, 6.07) is 16.4. The fourth-order valence-corrected chi connectivity index (χ4v) is 6.33. The monoisotopic (exact) mass is 687 g/mol. The van der Waals surface area contributed by atoms with Crippen LogP contribution in [-0.2, 0) is 13.5 Å². The van der Waals surface area contributed by atoms with Gasteiger partial charge in [-0.05, 0) is 31.5 Å². The zero-order valence-corrected chi connectivity index (χ0v) is 28.5. The first kappa shape index (κ1) is 35.8. The minimum Gasteiger partial charge on any atom is -0.352 e. The SMILES string of the molecule is Cc1ccc2c(c1)c(C(=O)N1CCN(c3cnc(C(=O)NCCc4scnc4C)cn3)CC1)c(-c1ccccc1)n2C.Cl.Cl.Cl. The fraction of sp³-hybridized carbons (Fsp3) is 0.281. The van der Waals surface area contributed by atoms with Crippen LogP contribution in [0.5, 0.6) is 0 Å². The van der Waals surface area contributed by atoms with Gasteiger partial charge in [-0.15, -0.1) is 48.6 Å². The maximum Gasteiger partial charge on any atom is 0.271 e. The maximum absolute atomic E-state index is 14.1. The van der Waals surface area contributed by atoms with Gasteiger partial charge in [0.05, 0.1) is 34.9 Å². The zero-order chi connectivity index (χ0) is 29.2. The van der Waals surface area contributed by atoms with Gasteiger partial charge in [-0.25, -0.2) is 15.0 Å². The summed E-state index contributed by atoms with van der Waals surface area (Å²) in [5.74, 6) is 0.493. The van der Waals surface area contributed by atoms with E-state index in [0.717, 1.165) is 45.4 Å². The Hall–Kier alpha value is -3.70. The number of nitrogens with zero attached hydrogens (tertiary/aromatic N) is 6. The van der Waals surface area contributed by atoms with Crippen LogP contribution in [0, 0.1) is 13.8 Å². The Kier molecular flexibility index (Phi) is 12.3. The molecule has 1 aliphatic heterocycles. The second kappa shape index (κ2) is 15.5. The molecule has 2 amide bonds. The number of piperazine rings is 1. The van der Waals surface area contributed by atoms with Crippen LogP contribution >= 0.6 is 48.6 Å². The Morgan fingerprint density at radius 2 is 1.64 bits per heavy atom. The molecule has 0 spiro atoms. The van der Waals surface area contributed by atoms with Crippen molar-refractivity contribution in [1.29, 1.82) is 0 Å². The molecule has 0 saturated carbocycles. The summed E-state index contributed by atoms with van der Waals surface area (Å²) in [6.07, 6.45) is 3.90. The molecule has 1 saturated heterocycles. The highest BCUT2D eigenvalue weighted by atomic mass is 35.5. The summed E-state index contributed by atoms with van der Waals surface area (Å²) < 4.78 is 2.13. The topological polar surface area (TPSA) is 96.2 Å². The summed E-state index contributed by atoms with van der Waals surface area (Å²) in [5.41, 5.74) is 7.98. The van der Waals surface area contributed by atoms with Crippen molar-refractivity contribution >= 4 is 77.1 Å². The summed E-state index contributed by atoms with van der Waals surface area (Å²) >= 11 is 1.60. The number of aryl methyl sites for hydroxylation is 3. The number of hydrogen-bond donors (Lipinski definition) is 1. The van der Waals surface area contributed by atoms with Gasteiger partial charge in [0.1, 0.15) is 11.5 Å². The third-order valence-corrected chi connectivity index (χ3v) is 8.86. The van der Waals surface area contributed by atoms with Crippen LogP contribution < -0.4 is 10.2 Å². The number of amides is 2. The number of fused-ring (bicyclic) bond motifs is 1. The van der Waals surface area contributed by atoms with Crippen molar-refractivity contribution in [1.82, 2.24) is 29.7 Å². The van der Waals surface area contributed by atoms with E-state index in [1.165, 1.54) is 11.1 Å². The number of nitrogens with one attached hydrogen (secondary N) is 1. The summed E-state index contributed by atoms with van der Waals surface area (Å²) in [4.78, 5) is 45.0. The van der Waals surface area contributed by atoms with Gasteiger partial charge in [0.15, 0.2) is 0 Å². The highest BCUT2D eigenvalue weighted by Gasteiger charge is 2.29. The van der Waals surface area contributed by atoms with Crippen LogP contribution in [0.3, 0.4) is 0 Å². The van der Waals surface area contributed by atoms with Crippen molar-refractivity contribution in [3.8, 4) is 11.3 Å². The van der Waals surface area contributed by atoms with Crippen molar-refractivity contribution < 1.29 is 9.59 Å². The van der Waals surface area contributed by atoms with Gasteiger partial charge < -0.3 is 19.7 Å². The van der Waals surface area contributed by atoms with Gasteiger partial charge in [0, 0.05) is 62.0 Å². The molecule has 1 fully saturated rings. The normalized spacial score (nSPS) is 12.6. The molecule has 5 aromatic rings. The molecule has 0 aliphatic carbocycles. The standard InChI is InChI=1S/C32H33N7O2S.3ClH/c1-21-9-10-26-24(17-21)29(30(37(26)3)23-7-5-4-6-8-23)32(41)39-15-13-38(14-16-39)28-19-34-25(18-35-28)31(40)33-12-11-27-22(2)36-20-42-27;;;/h4-10,17-20H,11-16H2,1-3H3,(H,33,40);3*1H. The molecule has 0 atom stereocenters. The van der Waals surface area contributed by atoms with E-state index in [4.69, 9.17) is 0 Å². The highest BCUT2D eigenvalue weighted by Crippen LogP contribution is 2.35. The molecule has 6 rings (SSSR count). The van der Waals surface area contributed by atoms with Crippen LogP contribution in [0.25, 0.3) is 22.2 Å². The summed E-state index contributed by atoms with van der Waals surface area (Å²) in [5, 5.41) is 3.89. The van der Waals surface area contributed by atoms with Gasteiger partial charge in [0.25, 0.3) is 11.8 Å². The Morgan fingerprint density at radius 3 is 2.29 bits per heavy atom. The number of hydrogen-bond acceptors (Lipinski definition) is 7. The second-order valence-electron chi connectivity index (χ2n) is 10.6. The molecule has 0 radical (unpaired) electrons. The predicted octanol–water partition coefficient (Wildman–Crippen LogP) is 5.91. The lowest BCUT2D eigenvalue weighted by Crippen LogP contribution is -2.49. The Bertz CT molecular complexity index is 1750.